The molecule has 6 nitrogen and oxygen atoms in total. The van der Waals surface area contributed by atoms with Crippen molar-refractivity contribution >= 4 is 92.8 Å². The first-order valence-corrected chi connectivity index (χ1v) is 13.5. The van der Waals surface area contributed by atoms with Crippen molar-refractivity contribution in [1.82, 2.24) is 0 Å². The number of benzene rings is 3. The van der Waals surface area contributed by atoms with Crippen LogP contribution in [0.2, 0.25) is 15.1 Å². The second kappa shape index (κ2) is 12.2. The Hall–Kier alpha value is -2.90. The second-order valence-corrected chi connectivity index (χ2v) is 11.8. The van der Waals surface area contributed by atoms with E-state index < -0.39 is 69.2 Å². The summed E-state index contributed by atoms with van der Waals surface area (Å²) in [5.41, 5.74) is -1.71. The number of hydrogen-bond acceptors (Lipinski definition) is 3. The van der Waals surface area contributed by atoms with E-state index in [1.807, 2.05) is 5.32 Å². The summed E-state index contributed by atoms with van der Waals surface area (Å²) >= 11 is 30.8. The minimum atomic E-state index is -5.18. The summed E-state index contributed by atoms with van der Waals surface area (Å²) in [6.45, 7) is 0. The highest BCUT2D eigenvalue weighted by atomic mass is 35.5. The van der Waals surface area contributed by atoms with Crippen molar-refractivity contribution in [2.45, 2.75) is 22.6 Å². The van der Waals surface area contributed by atoms with Gasteiger partial charge in [-0.2, -0.15) is 8.78 Å². The van der Waals surface area contributed by atoms with Gasteiger partial charge >= 0.3 is 18.3 Å². The zero-order valence-corrected chi connectivity index (χ0v) is 24.5. The van der Waals surface area contributed by atoms with Crippen LogP contribution in [-0.4, -0.2) is 34.4 Å². The molecule has 17 heteroatoms. The molecule has 0 unspecified atom stereocenters. The standard InChI is InChI=1S/C26H14Cl5F6N3O3/c27-12-4-2-10(38-22(42)20-19(25(20,30)31)9-1-3-13(28)14(29)5-9)6-11(12)21(41)39-17-8-18(16(33)7-15(17)32)40-24(43)26(36,37)23(34)35/h1-8,19-20,23H,(H,38,42)(H,39,41)(H,40,43)/t19-,20+/m0/s1. The van der Waals surface area contributed by atoms with Crippen molar-refractivity contribution < 1.29 is 40.7 Å². The minimum Gasteiger partial charge on any atom is -0.326 e. The SMILES string of the molecule is O=C(Nc1cc(NC(=O)C(F)(F)C(F)F)c(F)cc1F)c1cc(NC(=O)[C@H]2[C@H](c3ccc(Cl)c(Cl)c3)C2(Cl)Cl)ccc1Cl. The monoisotopic (exact) mass is 705 g/mol. The number of amides is 3. The molecular weight excluding hydrogens is 694 g/mol. The van der Waals surface area contributed by atoms with Crippen molar-refractivity contribution in [3.63, 3.8) is 0 Å². The highest BCUT2D eigenvalue weighted by Crippen LogP contribution is 2.65. The van der Waals surface area contributed by atoms with E-state index in [2.05, 4.69) is 5.32 Å². The second-order valence-electron chi connectivity index (χ2n) is 9.13. The fourth-order valence-electron chi connectivity index (χ4n) is 4.01. The van der Waals surface area contributed by atoms with Crippen LogP contribution in [-0.2, 0) is 9.59 Å². The maximum atomic E-state index is 14.4. The van der Waals surface area contributed by atoms with Gasteiger partial charge in [0.05, 0.1) is 37.9 Å². The van der Waals surface area contributed by atoms with Gasteiger partial charge in [-0.3, -0.25) is 14.4 Å². The molecule has 1 aliphatic carbocycles. The van der Waals surface area contributed by atoms with Gasteiger partial charge in [0.25, 0.3) is 5.91 Å². The molecule has 3 aromatic rings. The average Bonchev–Trinajstić information content (AvgIpc) is 3.50. The number of nitrogens with one attached hydrogen (secondary N) is 3. The Labute approximate surface area is 263 Å². The summed E-state index contributed by atoms with van der Waals surface area (Å²) in [5, 5.41) is 6.09. The van der Waals surface area contributed by atoms with Gasteiger partial charge in [-0.1, -0.05) is 40.9 Å². The van der Waals surface area contributed by atoms with Crippen LogP contribution in [0, 0.1) is 17.6 Å². The number of alkyl halides is 6. The van der Waals surface area contributed by atoms with Crippen LogP contribution in [0.4, 0.5) is 43.4 Å². The summed E-state index contributed by atoms with van der Waals surface area (Å²) < 4.78 is 78.4. The molecule has 4 rings (SSSR count). The van der Waals surface area contributed by atoms with E-state index in [0.717, 1.165) is 6.07 Å². The van der Waals surface area contributed by atoms with Crippen molar-refractivity contribution in [3.8, 4) is 0 Å². The Balaban J connectivity index is 1.51. The maximum absolute atomic E-state index is 14.4. The van der Waals surface area contributed by atoms with Crippen LogP contribution in [0.15, 0.2) is 48.5 Å². The van der Waals surface area contributed by atoms with E-state index >= 15 is 0 Å². The fraction of sp³-hybridized carbons (Fsp3) is 0.192. The lowest BCUT2D eigenvalue weighted by Crippen LogP contribution is -2.41. The molecule has 0 bridgehead atoms. The third-order valence-corrected chi connectivity index (χ3v) is 8.26. The van der Waals surface area contributed by atoms with E-state index in [0.29, 0.717) is 11.6 Å². The number of anilines is 3. The predicted octanol–water partition coefficient (Wildman–Crippen LogP) is 8.54. The Morgan fingerprint density at radius 2 is 1.40 bits per heavy atom. The van der Waals surface area contributed by atoms with Gasteiger partial charge < -0.3 is 16.0 Å². The zero-order valence-electron chi connectivity index (χ0n) is 20.7. The molecule has 0 aliphatic heterocycles. The molecule has 0 radical (unpaired) electrons. The Morgan fingerprint density at radius 1 is 0.791 bits per heavy atom. The Morgan fingerprint density at radius 3 is 2.00 bits per heavy atom. The van der Waals surface area contributed by atoms with Crippen LogP contribution in [0.1, 0.15) is 21.8 Å². The molecule has 43 heavy (non-hydrogen) atoms. The number of carbonyl (C=O) groups is 3. The van der Waals surface area contributed by atoms with Gasteiger partial charge in [-0.05, 0) is 42.0 Å². The number of rotatable bonds is 8. The first-order chi connectivity index (χ1) is 19.9. The average molecular weight is 708 g/mol. The number of carbonyl (C=O) groups excluding carboxylic acids is 3. The molecule has 228 valence electrons. The van der Waals surface area contributed by atoms with Crippen molar-refractivity contribution in [2.24, 2.45) is 5.92 Å². The quantitative estimate of drug-likeness (QED) is 0.162. The van der Waals surface area contributed by atoms with Crippen LogP contribution >= 0.6 is 58.0 Å². The van der Waals surface area contributed by atoms with Crippen LogP contribution in [0.5, 0.6) is 0 Å². The third kappa shape index (κ3) is 6.78. The first kappa shape index (κ1) is 33.0. The molecule has 1 saturated carbocycles. The molecule has 3 aromatic carbocycles. The summed E-state index contributed by atoms with van der Waals surface area (Å²) in [5.74, 6) is -14.1. The fourth-order valence-corrected chi connectivity index (χ4v) is 5.34. The van der Waals surface area contributed by atoms with Crippen molar-refractivity contribution in [2.75, 3.05) is 16.0 Å². The predicted molar refractivity (Wildman–Crippen MR) is 151 cm³/mol. The smallest absolute Gasteiger partial charge is 0.326 e. The molecule has 0 saturated heterocycles. The number of halogens is 11. The Bertz CT molecular complexity index is 1640. The molecular formula is C26H14Cl5F6N3O3. The highest BCUT2D eigenvalue weighted by Gasteiger charge is 2.67. The maximum Gasteiger partial charge on any atom is 0.383 e. The summed E-state index contributed by atoms with van der Waals surface area (Å²) in [6.07, 6.45) is -4.41. The summed E-state index contributed by atoms with van der Waals surface area (Å²) in [6, 6.07) is 8.79. The molecule has 0 aromatic heterocycles. The van der Waals surface area contributed by atoms with Gasteiger partial charge in [-0.15, -0.1) is 23.2 Å². The summed E-state index contributed by atoms with van der Waals surface area (Å²) in [4.78, 5) is 37.4. The first-order valence-electron chi connectivity index (χ1n) is 11.7. The summed E-state index contributed by atoms with van der Waals surface area (Å²) in [7, 11) is 0. The van der Waals surface area contributed by atoms with Gasteiger partial charge in [0.2, 0.25) is 5.91 Å². The van der Waals surface area contributed by atoms with Crippen molar-refractivity contribution in [1.29, 1.82) is 0 Å². The number of hydrogen-bond donors (Lipinski definition) is 3. The lowest BCUT2D eigenvalue weighted by atomic mass is 10.1. The molecule has 3 N–H and O–H groups in total. The van der Waals surface area contributed by atoms with E-state index in [-0.39, 0.29) is 32.4 Å². The minimum absolute atomic E-state index is 0.0326. The van der Waals surface area contributed by atoms with Crippen LogP contribution in [0.25, 0.3) is 0 Å². The topological polar surface area (TPSA) is 87.3 Å². The molecule has 0 spiro atoms. The molecule has 1 aliphatic rings. The van der Waals surface area contributed by atoms with Gasteiger partial charge in [0, 0.05) is 17.7 Å². The van der Waals surface area contributed by atoms with Crippen LogP contribution < -0.4 is 16.0 Å². The highest BCUT2D eigenvalue weighted by molar-refractivity contribution is 6.53. The van der Waals surface area contributed by atoms with Gasteiger partial charge in [-0.25, -0.2) is 17.6 Å². The van der Waals surface area contributed by atoms with E-state index in [1.165, 1.54) is 29.6 Å². The normalized spacial score (nSPS) is 17.4. The Kier molecular flexibility index (Phi) is 9.39. The third-order valence-electron chi connectivity index (χ3n) is 6.25. The van der Waals surface area contributed by atoms with Crippen molar-refractivity contribution in [3.05, 3.63) is 86.4 Å². The lowest BCUT2D eigenvalue weighted by Gasteiger charge is -2.16. The largest absolute Gasteiger partial charge is 0.383 e. The van der Waals surface area contributed by atoms with E-state index in [9.17, 15) is 40.7 Å². The zero-order chi connectivity index (χ0) is 32.0. The van der Waals surface area contributed by atoms with Gasteiger partial charge in [0.1, 0.15) is 16.0 Å². The molecule has 2 atom stereocenters. The molecule has 0 heterocycles. The molecule has 3 amide bonds. The van der Waals surface area contributed by atoms with Crippen LogP contribution in [0.3, 0.4) is 0 Å². The molecule has 1 fully saturated rings. The lowest BCUT2D eigenvalue weighted by molar-refractivity contribution is -0.163. The van der Waals surface area contributed by atoms with E-state index in [4.69, 9.17) is 58.0 Å². The van der Waals surface area contributed by atoms with E-state index in [1.54, 1.807) is 6.07 Å². The van der Waals surface area contributed by atoms with Gasteiger partial charge in [0.15, 0.2) is 0 Å².